The van der Waals surface area contributed by atoms with Gasteiger partial charge in [0, 0.05) is 34.9 Å². The normalized spacial score (nSPS) is 12.2. The predicted molar refractivity (Wildman–Crippen MR) is 143 cm³/mol. The summed E-state index contributed by atoms with van der Waals surface area (Å²) in [4.78, 5) is 19.3. The quantitative estimate of drug-likeness (QED) is 0.260. The molecule has 0 amide bonds. The zero-order valence-corrected chi connectivity index (χ0v) is 20.4. The second-order valence-electron chi connectivity index (χ2n) is 8.39. The first-order valence-electron chi connectivity index (χ1n) is 11.7. The zero-order chi connectivity index (χ0) is 24.4. The van der Waals surface area contributed by atoms with E-state index in [9.17, 15) is 5.11 Å². The molecule has 0 saturated heterocycles. The third-order valence-electron chi connectivity index (χ3n) is 6.20. The molecule has 6 nitrogen and oxygen atoms in total. The fraction of sp³-hybridized carbons (Fsp3) is 0.179. The van der Waals surface area contributed by atoms with Gasteiger partial charge in [-0.3, -0.25) is 14.9 Å². The van der Waals surface area contributed by atoms with Gasteiger partial charge in [-0.05, 0) is 55.1 Å². The van der Waals surface area contributed by atoms with Crippen LogP contribution in [-0.2, 0) is 6.54 Å². The minimum absolute atomic E-state index is 0.0402. The van der Waals surface area contributed by atoms with Crippen LogP contribution in [0.15, 0.2) is 78.0 Å². The molecule has 2 N–H and O–H groups in total. The van der Waals surface area contributed by atoms with Gasteiger partial charge < -0.3 is 10.1 Å². The minimum atomic E-state index is 0.0402. The SMILES string of the molecule is CCN(CC)Cc1ccc(N=C(c2ccc3nccnc3c2)c2c(O)[nH]c3cc(Cl)ccc23)cc1. The number of aromatic amines is 1. The fourth-order valence-corrected chi connectivity index (χ4v) is 4.45. The maximum atomic E-state index is 10.9. The van der Waals surface area contributed by atoms with E-state index >= 15 is 0 Å². The number of aromatic hydroxyl groups is 1. The molecule has 2 heterocycles. The van der Waals surface area contributed by atoms with Crippen molar-refractivity contribution >= 4 is 44.9 Å². The number of halogens is 1. The third kappa shape index (κ3) is 4.76. The number of rotatable bonds is 7. The average molecular weight is 484 g/mol. The van der Waals surface area contributed by atoms with E-state index in [0.29, 0.717) is 16.3 Å². The Balaban J connectivity index is 1.64. The van der Waals surface area contributed by atoms with Gasteiger partial charge in [-0.2, -0.15) is 0 Å². The third-order valence-corrected chi connectivity index (χ3v) is 6.43. The van der Waals surface area contributed by atoms with Crippen LogP contribution in [0.2, 0.25) is 5.02 Å². The summed E-state index contributed by atoms with van der Waals surface area (Å²) in [5, 5.41) is 12.4. The molecular weight excluding hydrogens is 458 g/mol. The standard InChI is InChI=1S/C28H26ClN5O/c1-3-34(4-2)17-18-5-9-21(10-6-18)32-27(19-7-12-23-25(15-19)31-14-13-30-23)26-22-11-8-20(29)16-24(22)33-28(26)35/h5-16,33,35H,3-4,17H2,1-2H3. The smallest absolute Gasteiger partial charge is 0.199 e. The first-order valence-corrected chi connectivity index (χ1v) is 12.0. The summed E-state index contributed by atoms with van der Waals surface area (Å²) in [6.07, 6.45) is 3.34. The van der Waals surface area contributed by atoms with E-state index in [1.54, 1.807) is 18.5 Å². The minimum Gasteiger partial charge on any atom is -0.494 e. The van der Waals surface area contributed by atoms with Crippen LogP contribution in [0, 0.1) is 0 Å². The lowest BCUT2D eigenvalue weighted by molar-refractivity contribution is 0.296. The number of nitrogens with zero attached hydrogens (tertiary/aromatic N) is 4. The number of hydrogen-bond acceptors (Lipinski definition) is 5. The summed E-state index contributed by atoms with van der Waals surface area (Å²) in [5.41, 5.74) is 6.42. The number of fused-ring (bicyclic) bond motifs is 2. The van der Waals surface area contributed by atoms with Crippen LogP contribution >= 0.6 is 11.6 Å². The van der Waals surface area contributed by atoms with Crippen molar-refractivity contribution in [2.24, 2.45) is 4.99 Å². The van der Waals surface area contributed by atoms with E-state index in [4.69, 9.17) is 16.6 Å². The van der Waals surface area contributed by atoms with Gasteiger partial charge in [-0.25, -0.2) is 4.99 Å². The largest absolute Gasteiger partial charge is 0.494 e. The molecule has 0 fully saturated rings. The number of aromatic nitrogens is 3. The fourth-order valence-electron chi connectivity index (χ4n) is 4.28. The molecule has 5 aromatic rings. The Hall–Kier alpha value is -3.74. The van der Waals surface area contributed by atoms with Crippen molar-refractivity contribution in [1.82, 2.24) is 19.9 Å². The summed E-state index contributed by atoms with van der Waals surface area (Å²) >= 11 is 6.19. The summed E-state index contributed by atoms with van der Waals surface area (Å²) < 4.78 is 0. The zero-order valence-electron chi connectivity index (χ0n) is 19.7. The highest BCUT2D eigenvalue weighted by Gasteiger charge is 2.19. The van der Waals surface area contributed by atoms with Gasteiger partial charge >= 0.3 is 0 Å². The van der Waals surface area contributed by atoms with Crippen LogP contribution in [0.1, 0.15) is 30.5 Å². The molecule has 3 aromatic carbocycles. The maximum absolute atomic E-state index is 10.9. The average Bonchev–Trinajstić information content (AvgIpc) is 3.20. The summed E-state index contributed by atoms with van der Waals surface area (Å²) in [6.45, 7) is 7.26. The Bertz CT molecular complexity index is 1520. The van der Waals surface area contributed by atoms with Gasteiger partial charge in [0.15, 0.2) is 5.88 Å². The van der Waals surface area contributed by atoms with E-state index in [0.717, 1.165) is 52.8 Å². The molecule has 0 unspecified atom stereocenters. The van der Waals surface area contributed by atoms with Gasteiger partial charge in [-0.1, -0.05) is 49.7 Å². The second kappa shape index (κ2) is 9.86. The molecule has 0 saturated carbocycles. The van der Waals surface area contributed by atoms with Crippen LogP contribution in [0.4, 0.5) is 5.69 Å². The van der Waals surface area contributed by atoms with Crippen LogP contribution in [-0.4, -0.2) is 43.8 Å². The lowest BCUT2D eigenvalue weighted by Gasteiger charge is -2.17. The molecule has 0 aliphatic heterocycles. The van der Waals surface area contributed by atoms with Crippen LogP contribution in [0.5, 0.6) is 5.88 Å². The van der Waals surface area contributed by atoms with Crippen molar-refractivity contribution in [3.05, 3.63) is 94.8 Å². The van der Waals surface area contributed by atoms with E-state index in [1.165, 1.54) is 5.56 Å². The maximum Gasteiger partial charge on any atom is 0.199 e. The second-order valence-corrected chi connectivity index (χ2v) is 8.82. The molecule has 0 radical (unpaired) electrons. The monoisotopic (exact) mass is 483 g/mol. The van der Waals surface area contributed by atoms with Crippen molar-refractivity contribution < 1.29 is 5.11 Å². The summed E-state index contributed by atoms with van der Waals surface area (Å²) in [5.74, 6) is 0.0402. The van der Waals surface area contributed by atoms with Gasteiger partial charge in [0.05, 0.1) is 33.5 Å². The van der Waals surface area contributed by atoms with Crippen molar-refractivity contribution in [2.75, 3.05) is 13.1 Å². The van der Waals surface area contributed by atoms with Crippen LogP contribution in [0.3, 0.4) is 0 Å². The topological polar surface area (TPSA) is 77.4 Å². The Morgan fingerprint density at radius 2 is 1.69 bits per heavy atom. The molecule has 0 atom stereocenters. The highest BCUT2D eigenvalue weighted by Crippen LogP contribution is 2.33. The molecule has 0 aliphatic carbocycles. The number of H-pyrrole nitrogens is 1. The first-order chi connectivity index (χ1) is 17.1. The van der Waals surface area contributed by atoms with E-state index in [2.05, 4.69) is 45.8 Å². The first kappa shape index (κ1) is 23.0. The highest BCUT2D eigenvalue weighted by atomic mass is 35.5. The lowest BCUT2D eigenvalue weighted by atomic mass is 10.00. The van der Waals surface area contributed by atoms with Crippen molar-refractivity contribution in [3.8, 4) is 5.88 Å². The van der Waals surface area contributed by atoms with Crippen molar-refractivity contribution in [1.29, 1.82) is 0 Å². The summed E-state index contributed by atoms with van der Waals surface area (Å²) in [7, 11) is 0. The molecular formula is C28H26ClN5O. The Morgan fingerprint density at radius 3 is 2.43 bits per heavy atom. The summed E-state index contributed by atoms with van der Waals surface area (Å²) in [6, 6.07) is 19.6. The van der Waals surface area contributed by atoms with Gasteiger partial charge in [0.25, 0.3) is 0 Å². The Morgan fingerprint density at radius 1 is 0.943 bits per heavy atom. The predicted octanol–water partition coefficient (Wildman–Crippen LogP) is 6.48. The van der Waals surface area contributed by atoms with Crippen LogP contribution in [0.25, 0.3) is 21.9 Å². The molecule has 0 bridgehead atoms. The highest BCUT2D eigenvalue weighted by molar-refractivity contribution is 6.31. The molecule has 5 rings (SSSR count). The number of benzene rings is 3. The molecule has 176 valence electrons. The van der Waals surface area contributed by atoms with Crippen molar-refractivity contribution in [3.63, 3.8) is 0 Å². The molecule has 0 spiro atoms. The molecule has 7 heteroatoms. The van der Waals surface area contributed by atoms with Crippen molar-refractivity contribution in [2.45, 2.75) is 20.4 Å². The van der Waals surface area contributed by atoms with Gasteiger partial charge in [0.2, 0.25) is 0 Å². The van der Waals surface area contributed by atoms with Gasteiger partial charge in [-0.15, -0.1) is 0 Å². The number of aliphatic imine (C=N–C) groups is 1. The van der Waals surface area contributed by atoms with E-state index in [1.807, 2.05) is 42.5 Å². The van der Waals surface area contributed by atoms with E-state index in [-0.39, 0.29) is 5.88 Å². The molecule has 2 aromatic heterocycles. The number of nitrogens with one attached hydrogen (secondary N) is 1. The van der Waals surface area contributed by atoms with E-state index < -0.39 is 0 Å². The Kier molecular flexibility index (Phi) is 6.49. The van der Waals surface area contributed by atoms with Gasteiger partial charge in [0.1, 0.15) is 0 Å². The molecule has 35 heavy (non-hydrogen) atoms. The van der Waals surface area contributed by atoms with Crippen LogP contribution < -0.4 is 0 Å². The number of hydrogen-bond donors (Lipinski definition) is 2. The Labute approximate surface area is 208 Å². The molecule has 0 aliphatic rings. The lowest BCUT2D eigenvalue weighted by Crippen LogP contribution is -2.21.